The van der Waals surface area contributed by atoms with Gasteiger partial charge in [0.2, 0.25) is 5.78 Å². The second-order valence-electron chi connectivity index (χ2n) is 3.38. The SMILES string of the molecule is Cc1cc(C(=O)c2ccccc2I)sc1Br. The molecule has 1 aromatic carbocycles. The molecule has 0 N–H and O–H groups in total. The van der Waals surface area contributed by atoms with Crippen LogP contribution in [0.25, 0.3) is 0 Å². The Morgan fingerprint density at radius 2 is 2.06 bits per heavy atom. The van der Waals surface area contributed by atoms with Crippen molar-refractivity contribution in [3.05, 3.63) is 53.7 Å². The Balaban J connectivity index is 2.43. The van der Waals surface area contributed by atoms with Crippen LogP contribution in [0.15, 0.2) is 34.1 Å². The van der Waals surface area contributed by atoms with Gasteiger partial charge in [0, 0.05) is 9.13 Å². The fourth-order valence-corrected chi connectivity index (χ4v) is 3.47. The molecular weight excluding hydrogens is 399 g/mol. The molecule has 0 spiro atoms. The fraction of sp³-hybridized carbons (Fsp3) is 0.0833. The molecule has 1 aromatic heterocycles. The third-order valence-corrected chi connectivity index (χ3v) is 5.28. The summed E-state index contributed by atoms with van der Waals surface area (Å²) in [5, 5.41) is 0. The Labute approximate surface area is 120 Å². The molecule has 0 unspecified atom stereocenters. The van der Waals surface area contributed by atoms with Gasteiger partial charge in [-0.15, -0.1) is 11.3 Å². The summed E-state index contributed by atoms with van der Waals surface area (Å²) in [4.78, 5) is 13.0. The van der Waals surface area contributed by atoms with Crippen LogP contribution in [-0.2, 0) is 0 Å². The van der Waals surface area contributed by atoms with Crippen LogP contribution in [0.3, 0.4) is 0 Å². The number of halogens is 2. The van der Waals surface area contributed by atoms with Gasteiger partial charge in [0.25, 0.3) is 0 Å². The van der Waals surface area contributed by atoms with Crippen LogP contribution >= 0.6 is 49.9 Å². The number of hydrogen-bond acceptors (Lipinski definition) is 2. The fourth-order valence-electron chi connectivity index (χ4n) is 1.35. The summed E-state index contributed by atoms with van der Waals surface area (Å²) < 4.78 is 2.02. The zero-order chi connectivity index (χ0) is 11.7. The highest BCUT2D eigenvalue weighted by Gasteiger charge is 2.15. The first-order chi connectivity index (χ1) is 7.59. The monoisotopic (exact) mass is 406 g/mol. The average molecular weight is 407 g/mol. The minimum absolute atomic E-state index is 0.101. The molecular formula is C12H8BrIOS. The molecule has 0 amide bonds. The third-order valence-electron chi connectivity index (χ3n) is 2.20. The van der Waals surface area contributed by atoms with Crippen molar-refractivity contribution >= 4 is 55.6 Å². The van der Waals surface area contributed by atoms with Gasteiger partial charge in [0.15, 0.2) is 0 Å². The zero-order valence-corrected chi connectivity index (χ0v) is 13.0. The largest absolute Gasteiger partial charge is 0.288 e. The standard InChI is InChI=1S/C12H8BrIOS/c1-7-6-10(16-12(7)13)11(15)8-4-2-3-5-9(8)14/h2-6H,1H3. The highest BCUT2D eigenvalue weighted by atomic mass is 127. The highest BCUT2D eigenvalue weighted by Crippen LogP contribution is 2.29. The van der Waals surface area contributed by atoms with Crippen molar-refractivity contribution in [3.63, 3.8) is 0 Å². The number of hydrogen-bond donors (Lipinski definition) is 0. The van der Waals surface area contributed by atoms with Crippen molar-refractivity contribution in [2.45, 2.75) is 6.92 Å². The molecule has 16 heavy (non-hydrogen) atoms. The molecule has 0 atom stereocenters. The average Bonchev–Trinajstić information content (AvgIpc) is 2.59. The van der Waals surface area contributed by atoms with E-state index in [1.54, 1.807) is 0 Å². The Bertz CT molecular complexity index is 528. The van der Waals surface area contributed by atoms with Gasteiger partial charge in [-0.1, -0.05) is 12.1 Å². The molecule has 2 aromatic rings. The molecule has 0 aliphatic heterocycles. The molecule has 0 saturated heterocycles. The van der Waals surface area contributed by atoms with E-state index in [0.29, 0.717) is 0 Å². The predicted molar refractivity (Wildman–Crippen MR) is 79.3 cm³/mol. The minimum Gasteiger partial charge on any atom is -0.288 e. The van der Waals surface area contributed by atoms with Crippen LogP contribution in [0.2, 0.25) is 0 Å². The number of ketones is 1. The van der Waals surface area contributed by atoms with Crippen LogP contribution in [0.5, 0.6) is 0 Å². The van der Waals surface area contributed by atoms with E-state index < -0.39 is 0 Å². The molecule has 1 heterocycles. The van der Waals surface area contributed by atoms with E-state index in [1.165, 1.54) is 11.3 Å². The molecule has 0 aliphatic carbocycles. The van der Waals surface area contributed by atoms with Crippen molar-refractivity contribution in [2.24, 2.45) is 0 Å². The Morgan fingerprint density at radius 3 is 2.62 bits per heavy atom. The van der Waals surface area contributed by atoms with Gasteiger partial charge in [0.05, 0.1) is 8.66 Å². The van der Waals surface area contributed by atoms with Crippen LogP contribution in [-0.4, -0.2) is 5.78 Å². The normalized spacial score (nSPS) is 10.4. The van der Waals surface area contributed by atoms with Gasteiger partial charge in [-0.3, -0.25) is 4.79 Å². The maximum atomic E-state index is 12.2. The second-order valence-corrected chi connectivity index (χ2v) is 6.91. The number of carbonyl (C=O) groups is 1. The smallest absolute Gasteiger partial charge is 0.204 e. The van der Waals surface area contributed by atoms with Crippen molar-refractivity contribution in [1.82, 2.24) is 0 Å². The molecule has 82 valence electrons. The molecule has 0 bridgehead atoms. The highest BCUT2D eigenvalue weighted by molar-refractivity contribution is 14.1. The van der Waals surface area contributed by atoms with Crippen LogP contribution in [0, 0.1) is 10.5 Å². The van der Waals surface area contributed by atoms with Gasteiger partial charge < -0.3 is 0 Å². The van der Waals surface area contributed by atoms with Crippen molar-refractivity contribution in [1.29, 1.82) is 0 Å². The maximum absolute atomic E-state index is 12.2. The van der Waals surface area contributed by atoms with Crippen molar-refractivity contribution < 1.29 is 4.79 Å². The maximum Gasteiger partial charge on any atom is 0.204 e. The van der Waals surface area contributed by atoms with E-state index in [4.69, 9.17) is 0 Å². The Morgan fingerprint density at radius 1 is 1.38 bits per heavy atom. The third kappa shape index (κ3) is 2.38. The lowest BCUT2D eigenvalue weighted by molar-refractivity contribution is 0.104. The molecule has 4 heteroatoms. The lowest BCUT2D eigenvalue weighted by atomic mass is 10.1. The van der Waals surface area contributed by atoms with E-state index in [0.717, 1.165) is 23.4 Å². The number of rotatable bonds is 2. The van der Waals surface area contributed by atoms with Gasteiger partial charge in [-0.2, -0.15) is 0 Å². The van der Waals surface area contributed by atoms with E-state index >= 15 is 0 Å². The second kappa shape index (κ2) is 4.98. The van der Waals surface area contributed by atoms with Crippen LogP contribution in [0.4, 0.5) is 0 Å². The molecule has 0 fully saturated rings. The van der Waals surface area contributed by atoms with Gasteiger partial charge in [0.1, 0.15) is 0 Å². The van der Waals surface area contributed by atoms with E-state index in [-0.39, 0.29) is 5.78 Å². The summed E-state index contributed by atoms with van der Waals surface area (Å²) in [6.45, 7) is 1.99. The quantitative estimate of drug-likeness (QED) is 0.523. The van der Waals surface area contributed by atoms with E-state index in [9.17, 15) is 4.79 Å². The first-order valence-electron chi connectivity index (χ1n) is 4.65. The molecule has 0 radical (unpaired) electrons. The van der Waals surface area contributed by atoms with Crippen molar-refractivity contribution in [2.75, 3.05) is 0 Å². The minimum atomic E-state index is 0.101. The Kier molecular flexibility index (Phi) is 3.81. The molecule has 2 rings (SSSR count). The topological polar surface area (TPSA) is 17.1 Å². The predicted octanol–water partition coefficient (Wildman–Crippen LogP) is 4.65. The summed E-state index contributed by atoms with van der Waals surface area (Å²) in [7, 11) is 0. The number of carbonyl (C=O) groups excluding carboxylic acids is 1. The molecule has 0 aliphatic rings. The number of benzene rings is 1. The van der Waals surface area contributed by atoms with Gasteiger partial charge in [-0.25, -0.2) is 0 Å². The Hall–Kier alpha value is -0.200. The van der Waals surface area contributed by atoms with Crippen LogP contribution in [0.1, 0.15) is 20.8 Å². The summed E-state index contributed by atoms with van der Waals surface area (Å²) in [5.74, 6) is 0.101. The molecule has 0 saturated carbocycles. The lowest BCUT2D eigenvalue weighted by Gasteiger charge is -2.00. The van der Waals surface area contributed by atoms with Gasteiger partial charge in [-0.05, 0) is 69.2 Å². The van der Waals surface area contributed by atoms with E-state index in [2.05, 4.69) is 38.5 Å². The summed E-state index contributed by atoms with van der Waals surface area (Å²) >= 11 is 7.12. The van der Waals surface area contributed by atoms with E-state index in [1.807, 2.05) is 37.3 Å². The summed E-state index contributed by atoms with van der Waals surface area (Å²) in [6, 6.07) is 9.58. The number of aryl methyl sites for hydroxylation is 1. The molecule has 1 nitrogen and oxygen atoms in total. The first-order valence-corrected chi connectivity index (χ1v) is 7.33. The number of thiophene rings is 1. The first kappa shape index (κ1) is 12.3. The van der Waals surface area contributed by atoms with Gasteiger partial charge >= 0.3 is 0 Å². The van der Waals surface area contributed by atoms with Crippen LogP contribution < -0.4 is 0 Å². The summed E-state index contributed by atoms with van der Waals surface area (Å²) in [5.41, 5.74) is 1.89. The van der Waals surface area contributed by atoms with Crippen molar-refractivity contribution in [3.8, 4) is 0 Å². The lowest BCUT2D eigenvalue weighted by Crippen LogP contribution is -2.00. The summed E-state index contributed by atoms with van der Waals surface area (Å²) in [6.07, 6.45) is 0. The zero-order valence-electron chi connectivity index (χ0n) is 8.46.